The molecular formula is C9H14O3. The van der Waals surface area contributed by atoms with Gasteiger partial charge in [-0.25, -0.2) is 4.79 Å². The van der Waals surface area contributed by atoms with Gasteiger partial charge in [0.25, 0.3) is 0 Å². The van der Waals surface area contributed by atoms with Gasteiger partial charge < -0.3 is 9.47 Å². The van der Waals surface area contributed by atoms with Crippen LogP contribution in [0.15, 0.2) is 12.7 Å². The first kappa shape index (κ1) is 9.26. The molecule has 3 heteroatoms. The van der Waals surface area contributed by atoms with Gasteiger partial charge in [0.15, 0.2) is 0 Å². The van der Waals surface area contributed by atoms with Crippen LogP contribution in [0.1, 0.15) is 19.8 Å². The van der Waals surface area contributed by atoms with E-state index in [9.17, 15) is 4.79 Å². The molecular weight excluding hydrogens is 156 g/mol. The summed E-state index contributed by atoms with van der Waals surface area (Å²) in [6.07, 6.45) is 2.95. The number of hydrogen-bond donors (Lipinski definition) is 0. The Kier molecular flexibility index (Phi) is 2.87. The Labute approximate surface area is 72.4 Å². The van der Waals surface area contributed by atoms with Crippen LogP contribution in [-0.2, 0) is 14.3 Å². The highest BCUT2D eigenvalue weighted by atomic mass is 16.6. The third-order valence-corrected chi connectivity index (χ3v) is 2.17. The molecule has 0 aromatic heterocycles. The minimum atomic E-state index is -0.359. The largest absolute Gasteiger partial charge is 0.462 e. The Morgan fingerprint density at radius 2 is 2.50 bits per heavy atom. The van der Waals surface area contributed by atoms with E-state index in [4.69, 9.17) is 9.47 Å². The Balaban J connectivity index is 2.10. The van der Waals surface area contributed by atoms with E-state index in [1.165, 1.54) is 6.08 Å². The van der Waals surface area contributed by atoms with Gasteiger partial charge in [0.2, 0.25) is 0 Å². The van der Waals surface area contributed by atoms with Gasteiger partial charge in [-0.3, -0.25) is 0 Å². The van der Waals surface area contributed by atoms with E-state index in [2.05, 4.69) is 13.5 Å². The molecule has 12 heavy (non-hydrogen) atoms. The fourth-order valence-corrected chi connectivity index (χ4v) is 1.02. The molecule has 0 N–H and O–H groups in total. The second kappa shape index (κ2) is 3.72. The maximum Gasteiger partial charge on any atom is 0.330 e. The van der Waals surface area contributed by atoms with Crippen molar-refractivity contribution in [2.24, 2.45) is 0 Å². The molecule has 68 valence electrons. The van der Waals surface area contributed by atoms with E-state index in [0.29, 0.717) is 6.61 Å². The molecule has 3 nitrogen and oxygen atoms in total. The van der Waals surface area contributed by atoms with Crippen LogP contribution < -0.4 is 0 Å². The number of esters is 1. The van der Waals surface area contributed by atoms with Crippen LogP contribution >= 0.6 is 0 Å². The van der Waals surface area contributed by atoms with E-state index in [1.807, 2.05) is 0 Å². The van der Waals surface area contributed by atoms with Crippen molar-refractivity contribution in [3.63, 3.8) is 0 Å². The van der Waals surface area contributed by atoms with E-state index in [0.717, 1.165) is 19.4 Å². The molecule has 0 aromatic carbocycles. The molecule has 0 radical (unpaired) electrons. The van der Waals surface area contributed by atoms with Gasteiger partial charge in [-0.05, 0) is 6.42 Å². The molecule has 1 rings (SSSR count). The van der Waals surface area contributed by atoms with Gasteiger partial charge in [0.1, 0.15) is 0 Å². The van der Waals surface area contributed by atoms with Gasteiger partial charge >= 0.3 is 5.97 Å². The lowest BCUT2D eigenvalue weighted by Gasteiger charge is -2.07. The van der Waals surface area contributed by atoms with E-state index in [-0.39, 0.29) is 11.6 Å². The summed E-state index contributed by atoms with van der Waals surface area (Å²) < 4.78 is 10.1. The summed E-state index contributed by atoms with van der Waals surface area (Å²) in [5.74, 6) is -0.359. The van der Waals surface area contributed by atoms with Crippen molar-refractivity contribution < 1.29 is 14.3 Å². The number of ether oxygens (including phenoxy) is 2. The molecule has 1 aliphatic heterocycles. The first-order valence-electron chi connectivity index (χ1n) is 4.15. The van der Waals surface area contributed by atoms with Gasteiger partial charge in [-0.15, -0.1) is 0 Å². The molecule has 0 spiro atoms. The Hall–Kier alpha value is -0.830. The van der Waals surface area contributed by atoms with Crippen LogP contribution in [0.4, 0.5) is 0 Å². The Morgan fingerprint density at radius 1 is 1.83 bits per heavy atom. The molecule has 1 saturated heterocycles. The molecule has 1 heterocycles. The maximum atomic E-state index is 10.6. The normalized spacial score (nSPS) is 26.4. The monoisotopic (exact) mass is 170 g/mol. The lowest BCUT2D eigenvalue weighted by atomic mass is 10.1. The van der Waals surface area contributed by atoms with Crippen LogP contribution in [0.2, 0.25) is 0 Å². The maximum absolute atomic E-state index is 10.6. The summed E-state index contributed by atoms with van der Waals surface area (Å²) >= 11 is 0. The average Bonchev–Trinajstić information content (AvgIpc) is 2.85. The zero-order valence-corrected chi connectivity index (χ0v) is 7.34. The molecule has 1 aliphatic rings. The molecule has 1 atom stereocenters. The highest BCUT2D eigenvalue weighted by Gasteiger charge is 2.42. The predicted molar refractivity (Wildman–Crippen MR) is 44.7 cm³/mol. The topological polar surface area (TPSA) is 38.8 Å². The highest BCUT2D eigenvalue weighted by Crippen LogP contribution is 2.33. The van der Waals surface area contributed by atoms with Crippen molar-refractivity contribution >= 4 is 5.97 Å². The Bertz CT molecular complexity index is 182. The fourth-order valence-electron chi connectivity index (χ4n) is 1.02. The van der Waals surface area contributed by atoms with Crippen LogP contribution in [0.3, 0.4) is 0 Å². The van der Waals surface area contributed by atoms with E-state index in [1.54, 1.807) is 0 Å². The first-order valence-corrected chi connectivity index (χ1v) is 4.15. The summed E-state index contributed by atoms with van der Waals surface area (Å²) in [6, 6.07) is 0. The quantitative estimate of drug-likeness (QED) is 0.354. The summed E-state index contributed by atoms with van der Waals surface area (Å²) in [7, 11) is 0. The molecule has 0 aliphatic carbocycles. The third-order valence-electron chi connectivity index (χ3n) is 2.17. The molecule has 0 saturated carbocycles. The number of rotatable bonds is 5. The summed E-state index contributed by atoms with van der Waals surface area (Å²) in [5.41, 5.74) is 0.0153. The van der Waals surface area contributed by atoms with Crippen molar-refractivity contribution in [3.8, 4) is 0 Å². The van der Waals surface area contributed by atoms with Crippen LogP contribution in [0, 0.1) is 0 Å². The highest BCUT2D eigenvalue weighted by molar-refractivity contribution is 5.81. The average molecular weight is 170 g/mol. The molecule has 0 amide bonds. The van der Waals surface area contributed by atoms with Gasteiger partial charge in [0, 0.05) is 12.5 Å². The molecule has 0 aromatic rings. The molecule has 1 unspecified atom stereocenters. The fraction of sp³-hybridized carbons (Fsp3) is 0.667. The van der Waals surface area contributed by atoms with Gasteiger partial charge in [-0.1, -0.05) is 13.5 Å². The molecule has 1 fully saturated rings. The minimum absolute atomic E-state index is 0.0153. The van der Waals surface area contributed by atoms with Crippen molar-refractivity contribution in [3.05, 3.63) is 12.7 Å². The SMILES string of the molecule is C=CC(=O)OCCC1(CC)CO1. The third kappa shape index (κ3) is 2.34. The van der Waals surface area contributed by atoms with E-state index < -0.39 is 0 Å². The number of carbonyl (C=O) groups is 1. The zero-order valence-electron chi connectivity index (χ0n) is 7.34. The standard InChI is InChI=1S/C9H14O3/c1-3-8(10)11-6-5-9(4-2)7-12-9/h3H,1,4-7H2,2H3. The van der Waals surface area contributed by atoms with Crippen molar-refractivity contribution in [1.82, 2.24) is 0 Å². The van der Waals surface area contributed by atoms with Gasteiger partial charge in [0.05, 0.1) is 18.8 Å². The first-order chi connectivity index (χ1) is 5.72. The summed E-state index contributed by atoms with van der Waals surface area (Å²) in [6.45, 7) is 6.61. The van der Waals surface area contributed by atoms with Crippen molar-refractivity contribution in [2.75, 3.05) is 13.2 Å². The lowest BCUT2D eigenvalue weighted by Crippen LogP contribution is -2.14. The Morgan fingerprint density at radius 3 is 2.92 bits per heavy atom. The predicted octanol–water partition coefficient (Wildman–Crippen LogP) is 1.28. The van der Waals surface area contributed by atoms with Crippen LogP contribution in [-0.4, -0.2) is 24.8 Å². The van der Waals surface area contributed by atoms with E-state index >= 15 is 0 Å². The summed E-state index contributed by atoms with van der Waals surface area (Å²) in [5, 5.41) is 0. The number of carbonyl (C=O) groups excluding carboxylic acids is 1. The smallest absolute Gasteiger partial charge is 0.330 e. The number of epoxide rings is 1. The van der Waals surface area contributed by atoms with Crippen molar-refractivity contribution in [1.29, 1.82) is 0 Å². The summed E-state index contributed by atoms with van der Waals surface area (Å²) in [4.78, 5) is 10.6. The van der Waals surface area contributed by atoms with Crippen LogP contribution in [0.25, 0.3) is 0 Å². The minimum Gasteiger partial charge on any atom is -0.462 e. The number of hydrogen-bond acceptors (Lipinski definition) is 3. The van der Waals surface area contributed by atoms with Gasteiger partial charge in [-0.2, -0.15) is 0 Å². The van der Waals surface area contributed by atoms with Crippen LogP contribution in [0.5, 0.6) is 0 Å². The second-order valence-corrected chi connectivity index (χ2v) is 2.95. The van der Waals surface area contributed by atoms with Crippen molar-refractivity contribution in [2.45, 2.75) is 25.4 Å². The molecule has 0 bridgehead atoms. The second-order valence-electron chi connectivity index (χ2n) is 2.95. The lowest BCUT2D eigenvalue weighted by molar-refractivity contribution is -0.138. The zero-order chi connectivity index (χ0) is 9.03.